The monoisotopic (exact) mass is 580 g/mol. The van der Waals surface area contributed by atoms with Crippen LogP contribution in [0.5, 0.6) is 5.75 Å². The number of hydrogen-bond acceptors (Lipinski definition) is 6. The number of para-hydroxylation sites is 1. The van der Waals surface area contributed by atoms with Crippen LogP contribution in [0.25, 0.3) is 0 Å². The van der Waals surface area contributed by atoms with Crippen LogP contribution in [0.4, 0.5) is 0 Å². The number of ether oxygens (including phenoxy) is 1. The van der Waals surface area contributed by atoms with Gasteiger partial charge in [0, 0.05) is 0 Å². The molecule has 0 spiro atoms. The van der Waals surface area contributed by atoms with Crippen LogP contribution < -0.4 is 26.0 Å². The van der Waals surface area contributed by atoms with Crippen molar-refractivity contribution >= 4 is 36.5 Å². The molecule has 1 saturated carbocycles. The molecule has 2 amide bonds. The van der Waals surface area contributed by atoms with Gasteiger partial charge in [-0.05, 0) is 0 Å². The molecule has 1 fully saturated rings. The summed E-state index contributed by atoms with van der Waals surface area (Å²) >= 11 is 6.23. The van der Waals surface area contributed by atoms with E-state index in [2.05, 4.69) is 28.8 Å². The van der Waals surface area contributed by atoms with Crippen LogP contribution in [0.2, 0.25) is 5.02 Å². The van der Waals surface area contributed by atoms with E-state index >= 15 is 0 Å². The normalized spacial score (nSPS) is 25.1. The van der Waals surface area contributed by atoms with Crippen LogP contribution >= 0.6 is 11.6 Å². The SMILES string of the molecule is B=C1N[C@@H](CC2CC2)C(=O)NC[C@H](O)Cc2ccccc2OCCN[C@H](Cc2cccc(Cl)c2)C(=O)N[C@@H]1C(C)C. The maximum atomic E-state index is 13.7. The van der Waals surface area contributed by atoms with Crippen LogP contribution in [0, 0.1) is 11.8 Å². The first-order valence-corrected chi connectivity index (χ1v) is 15.0. The fourth-order valence-electron chi connectivity index (χ4n) is 5.17. The Morgan fingerprint density at radius 2 is 1.83 bits per heavy atom. The summed E-state index contributed by atoms with van der Waals surface area (Å²) in [5.74, 6) is 0.830. The van der Waals surface area contributed by atoms with Gasteiger partial charge >= 0.3 is 249 Å². The molecule has 0 bridgehead atoms. The second-order valence-electron chi connectivity index (χ2n) is 11.5. The molecule has 1 aliphatic heterocycles. The quantitative estimate of drug-likeness (QED) is 0.346. The molecule has 10 heteroatoms. The van der Waals surface area contributed by atoms with Crippen LogP contribution in [-0.4, -0.2) is 73.9 Å². The number of benzene rings is 2. The number of fused-ring (bicyclic) bond motifs is 1. The zero-order valence-corrected chi connectivity index (χ0v) is 24.8. The van der Waals surface area contributed by atoms with Crippen LogP contribution in [-0.2, 0) is 22.4 Å². The Balaban J connectivity index is 1.58. The van der Waals surface area contributed by atoms with Gasteiger partial charge in [-0.1, -0.05) is 0 Å². The standard InChI is InChI=1S/C31H42BClN4O4/c1-19(2)28-29(32)36-26(15-20-10-11-20)30(39)35-18-24(38)17-22-7-3-4-9-27(22)41-13-12-34-25(31(40)37-28)16-21-6-5-8-23(33)14-21/h3-9,14,19-20,24-26,28,32,34,36,38H,10-13,15-18H2,1-2H3,(H,35,39)(H,37,40)/t24-,25-,26+,28-/m1/s1. The molecule has 2 aliphatic rings. The molecule has 41 heavy (non-hydrogen) atoms. The second kappa shape index (κ2) is 14.8. The topological polar surface area (TPSA) is 112 Å². The third kappa shape index (κ3) is 9.59. The average molecular weight is 581 g/mol. The zero-order chi connectivity index (χ0) is 29.4. The number of carbonyl (C=O) groups excluding carboxylic acids is 2. The number of carbonyl (C=O) groups is 2. The van der Waals surface area contributed by atoms with Gasteiger partial charge in [-0.25, -0.2) is 0 Å². The van der Waals surface area contributed by atoms with E-state index < -0.39 is 24.2 Å². The van der Waals surface area contributed by atoms with Gasteiger partial charge in [0.15, 0.2) is 0 Å². The van der Waals surface area contributed by atoms with E-state index in [9.17, 15) is 14.7 Å². The predicted molar refractivity (Wildman–Crippen MR) is 165 cm³/mol. The Hall–Kier alpha value is -2.88. The Kier molecular flexibility index (Phi) is 11.3. The van der Waals surface area contributed by atoms with Gasteiger partial charge in [0.05, 0.1) is 0 Å². The maximum absolute atomic E-state index is 13.7. The first kappa shape index (κ1) is 31.1. The number of amides is 2. The number of aliphatic hydroxyl groups excluding tert-OH is 1. The number of aliphatic hydroxyl groups is 1. The van der Waals surface area contributed by atoms with Gasteiger partial charge in [0.25, 0.3) is 0 Å². The van der Waals surface area contributed by atoms with E-state index in [0.717, 1.165) is 24.0 Å². The molecule has 220 valence electrons. The van der Waals surface area contributed by atoms with Crippen molar-refractivity contribution in [1.82, 2.24) is 21.3 Å². The van der Waals surface area contributed by atoms with Crippen molar-refractivity contribution in [2.24, 2.45) is 11.8 Å². The fraction of sp³-hybridized carbons (Fsp3) is 0.516. The molecule has 1 heterocycles. The summed E-state index contributed by atoms with van der Waals surface area (Å²) in [6.07, 6.45) is 2.88. The van der Waals surface area contributed by atoms with Crippen molar-refractivity contribution in [2.75, 3.05) is 19.7 Å². The van der Waals surface area contributed by atoms with Gasteiger partial charge in [-0.3, -0.25) is 0 Å². The number of halogens is 1. The molecule has 0 unspecified atom stereocenters. The van der Waals surface area contributed by atoms with Gasteiger partial charge in [-0.15, -0.1) is 0 Å². The van der Waals surface area contributed by atoms with E-state index in [1.807, 2.05) is 62.4 Å². The molecule has 0 saturated heterocycles. The van der Waals surface area contributed by atoms with Crippen molar-refractivity contribution < 1.29 is 19.4 Å². The minimum absolute atomic E-state index is 0.0302. The van der Waals surface area contributed by atoms with Crippen molar-refractivity contribution in [3.8, 4) is 5.75 Å². The Morgan fingerprint density at radius 3 is 2.56 bits per heavy atom. The molecule has 5 N–H and O–H groups in total. The average Bonchev–Trinajstić information content (AvgIpc) is 3.76. The van der Waals surface area contributed by atoms with Gasteiger partial charge in [-0.2, -0.15) is 0 Å². The molecule has 4 atom stereocenters. The van der Waals surface area contributed by atoms with E-state index in [1.54, 1.807) is 0 Å². The summed E-state index contributed by atoms with van der Waals surface area (Å²) in [5, 5.41) is 24.2. The van der Waals surface area contributed by atoms with Crippen LogP contribution in [0.15, 0.2) is 48.5 Å². The van der Waals surface area contributed by atoms with Crippen molar-refractivity contribution in [3.05, 3.63) is 64.7 Å². The molecular formula is C31H42BClN4O4. The van der Waals surface area contributed by atoms with Crippen LogP contribution in [0.1, 0.15) is 44.2 Å². The van der Waals surface area contributed by atoms with E-state index in [1.165, 1.54) is 0 Å². The zero-order valence-electron chi connectivity index (χ0n) is 24.0. The summed E-state index contributed by atoms with van der Waals surface area (Å²) in [4.78, 5) is 27.0. The molecular weight excluding hydrogens is 539 g/mol. The van der Waals surface area contributed by atoms with Gasteiger partial charge in [0.2, 0.25) is 0 Å². The predicted octanol–water partition coefficient (Wildman–Crippen LogP) is 1.88. The fourth-order valence-corrected chi connectivity index (χ4v) is 5.39. The third-order valence-electron chi connectivity index (χ3n) is 7.62. The van der Waals surface area contributed by atoms with Crippen molar-refractivity contribution in [3.63, 3.8) is 0 Å². The van der Waals surface area contributed by atoms with Gasteiger partial charge in [0.1, 0.15) is 0 Å². The molecule has 4 rings (SSSR count). The molecule has 8 nitrogen and oxygen atoms in total. The van der Waals surface area contributed by atoms with E-state index in [-0.39, 0.29) is 24.3 Å². The summed E-state index contributed by atoms with van der Waals surface area (Å²) < 4.78 is 6.06. The molecule has 0 aromatic heterocycles. The Bertz CT molecular complexity index is 1210. The number of rotatable bonds is 5. The van der Waals surface area contributed by atoms with Crippen molar-refractivity contribution in [1.29, 1.82) is 0 Å². The summed E-state index contributed by atoms with van der Waals surface area (Å²) in [6.45, 7) is 4.91. The molecule has 2 aromatic carbocycles. The molecule has 0 radical (unpaired) electrons. The first-order valence-electron chi connectivity index (χ1n) is 14.6. The molecule has 2 aromatic rings. The number of hydrogen-bond donors (Lipinski definition) is 5. The summed E-state index contributed by atoms with van der Waals surface area (Å²) in [7, 11) is 4.24. The summed E-state index contributed by atoms with van der Waals surface area (Å²) in [5.41, 5.74) is 2.38. The van der Waals surface area contributed by atoms with Gasteiger partial charge < -0.3 is 0 Å². The van der Waals surface area contributed by atoms with Crippen LogP contribution in [0.3, 0.4) is 0 Å². The Labute approximate surface area is 249 Å². The number of nitrogens with one attached hydrogen (secondary N) is 4. The first-order chi connectivity index (χ1) is 19.7. The second-order valence-corrected chi connectivity index (χ2v) is 12.0. The van der Waals surface area contributed by atoms with E-state index in [4.69, 9.17) is 16.3 Å². The number of β-amino-alcohol motifs (C(OH)–C–C–N with tert-alkyl or cyclic N) is 1. The third-order valence-corrected chi connectivity index (χ3v) is 7.85. The Morgan fingerprint density at radius 1 is 1.05 bits per heavy atom. The van der Waals surface area contributed by atoms with E-state index in [0.29, 0.717) is 54.7 Å². The summed E-state index contributed by atoms with van der Waals surface area (Å²) in [6, 6.07) is 13.6. The minimum atomic E-state index is -0.768. The molecule has 1 aliphatic carbocycles. The van der Waals surface area contributed by atoms with Crippen molar-refractivity contribution in [2.45, 2.75) is 70.2 Å².